The quantitative estimate of drug-likeness (QED) is 0.179. The van der Waals surface area contributed by atoms with Gasteiger partial charge in [-0.15, -0.1) is 35.7 Å². The Hall–Kier alpha value is -0.710. The van der Waals surface area contributed by atoms with Crippen molar-refractivity contribution in [3.63, 3.8) is 0 Å². The predicted octanol–water partition coefficient (Wildman–Crippen LogP) is 2.32. The molecule has 1 amide bonds. The smallest absolute Gasteiger partial charge is 0.243 e. The second-order valence-electron chi connectivity index (χ2n) is 5.10. The Labute approximate surface area is 176 Å². The van der Waals surface area contributed by atoms with Crippen LogP contribution in [0.25, 0.3) is 0 Å². The van der Waals surface area contributed by atoms with Gasteiger partial charge in [0, 0.05) is 50.0 Å². The van der Waals surface area contributed by atoms with Crippen molar-refractivity contribution >= 4 is 59.2 Å². The van der Waals surface area contributed by atoms with Gasteiger partial charge in [0.2, 0.25) is 5.91 Å². The molecular formula is C16H26ClIN4O2S. The van der Waals surface area contributed by atoms with Crippen LogP contribution in [0, 0.1) is 0 Å². The summed E-state index contributed by atoms with van der Waals surface area (Å²) in [7, 11) is 5.07. The maximum atomic E-state index is 11.6. The van der Waals surface area contributed by atoms with Gasteiger partial charge in [0.15, 0.2) is 5.96 Å². The topological polar surface area (TPSA) is 66.0 Å². The van der Waals surface area contributed by atoms with Gasteiger partial charge in [-0.05, 0) is 24.3 Å². The fraction of sp³-hybridized carbons (Fsp3) is 0.500. The van der Waals surface area contributed by atoms with E-state index in [4.69, 9.17) is 16.3 Å². The number of hydrogen-bond donors (Lipinski definition) is 2. The zero-order valence-corrected chi connectivity index (χ0v) is 18.7. The number of amides is 1. The number of benzene rings is 1. The number of thioether (sulfide) groups is 1. The number of ether oxygens (including phenoxy) is 1. The number of nitrogens with one attached hydrogen (secondary N) is 2. The van der Waals surface area contributed by atoms with Crippen LogP contribution in [-0.4, -0.2) is 70.0 Å². The number of methoxy groups -OCH3 is 1. The van der Waals surface area contributed by atoms with Crippen LogP contribution in [0.4, 0.5) is 0 Å². The molecule has 0 aliphatic carbocycles. The van der Waals surface area contributed by atoms with Gasteiger partial charge in [-0.2, -0.15) is 0 Å². The van der Waals surface area contributed by atoms with E-state index in [1.54, 1.807) is 33.0 Å². The third kappa shape index (κ3) is 11.5. The van der Waals surface area contributed by atoms with Crippen LogP contribution in [-0.2, 0) is 9.53 Å². The van der Waals surface area contributed by atoms with Gasteiger partial charge in [0.25, 0.3) is 0 Å². The largest absolute Gasteiger partial charge is 0.383 e. The van der Waals surface area contributed by atoms with E-state index in [1.807, 2.05) is 24.3 Å². The number of halogens is 2. The lowest BCUT2D eigenvalue weighted by atomic mass is 10.4. The number of rotatable bonds is 9. The molecule has 0 aromatic heterocycles. The Bertz CT molecular complexity index is 529. The van der Waals surface area contributed by atoms with Crippen molar-refractivity contribution in [1.29, 1.82) is 0 Å². The second kappa shape index (κ2) is 14.5. The lowest BCUT2D eigenvalue weighted by molar-refractivity contribution is -0.127. The van der Waals surface area contributed by atoms with E-state index in [1.165, 1.54) is 4.90 Å². The van der Waals surface area contributed by atoms with Gasteiger partial charge in [-0.25, -0.2) is 4.99 Å². The Morgan fingerprint density at radius 2 is 1.88 bits per heavy atom. The normalized spacial score (nSPS) is 10.8. The van der Waals surface area contributed by atoms with E-state index in [9.17, 15) is 4.79 Å². The molecule has 1 aromatic carbocycles. The molecule has 6 nitrogen and oxygen atoms in total. The summed E-state index contributed by atoms with van der Waals surface area (Å²) in [5.41, 5.74) is 0. The van der Waals surface area contributed by atoms with Crippen LogP contribution in [0.1, 0.15) is 0 Å². The summed E-state index contributed by atoms with van der Waals surface area (Å²) in [5, 5.41) is 7.09. The maximum absolute atomic E-state index is 11.6. The number of aliphatic imine (C=N–C) groups is 1. The summed E-state index contributed by atoms with van der Waals surface area (Å²) in [6.07, 6.45) is 0. The molecule has 0 spiro atoms. The highest BCUT2D eigenvalue weighted by Crippen LogP contribution is 2.19. The highest BCUT2D eigenvalue weighted by atomic mass is 127. The van der Waals surface area contributed by atoms with E-state index >= 15 is 0 Å². The van der Waals surface area contributed by atoms with Gasteiger partial charge in [-0.3, -0.25) is 4.79 Å². The van der Waals surface area contributed by atoms with Gasteiger partial charge in [-0.1, -0.05) is 11.6 Å². The number of likely N-dealkylation sites (N-methyl/N-ethyl adjacent to an activating group) is 1. The minimum atomic E-state index is -0.0432. The lowest BCUT2D eigenvalue weighted by Crippen LogP contribution is -2.40. The van der Waals surface area contributed by atoms with E-state index in [0.717, 1.165) is 22.2 Å². The molecule has 2 N–H and O–H groups in total. The molecule has 0 heterocycles. The molecule has 0 bridgehead atoms. The van der Waals surface area contributed by atoms with Crippen LogP contribution in [0.3, 0.4) is 0 Å². The average molecular weight is 501 g/mol. The molecule has 0 saturated heterocycles. The molecule has 0 atom stereocenters. The minimum absolute atomic E-state index is 0. The van der Waals surface area contributed by atoms with Crippen molar-refractivity contribution < 1.29 is 9.53 Å². The van der Waals surface area contributed by atoms with Gasteiger partial charge in [0.1, 0.15) is 6.54 Å². The first-order valence-corrected chi connectivity index (χ1v) is 8.99. The van der Waals surface area contributed by atoms with Gasteiger partial charge in [0.05, 0.1) is 6.61 Å². The fourth-order valence-corrected chi connectivity index (χ4v) is 2.50. The van der Waals surface area contributed by atoms with E-state index in [0.29, 0.717) is 19.1 Å². The van der Waals surface area contributed by atoms with Crippen molar-refractivity contribution in [2.75, 3.05) is 53.2 Å². The third-order valence-corrected chi connectivity index (χ3v) is 4.21. The number of nitrogens with zero attached hydrogens (tertiary/aromatic N) is 2. The Balaban J connectivity index is 0.00000576. The molecule has 0 unspecified atom stereocenters. The molecule has 0 aliphatic rings. The van der Waals surface area contributed by atoms with E-state index in [2.05, 4.69) is 15.6 Å². The third-order valence-electron chi connectivity index (χ3n) is 2.95. The van der Waals surface area contributed by atoms with Crippen LogP contribution < -0.4 is 10.6 Å². The summed E-state index contributed by atoms with van der Waals surface area (Å²) >= 11 is 7.60. The monoisotopic (exact) mass is 500 g/mol. The van der Waals surface area contributed by atoms with Crippen LogP contribution in [0.5, 0.6) is 0 Å². The average Bonchev–Trinajstić information content (AvgIpc) is 2.57. The molecular weight excluding hydrogens is 475 g/mol. The predicted molar refractivity (Wildman–Crippen MR) is 116 cm³/mol. The van der Waals surface area contributed by atoms with Crippen molar-refractivity contribution in [2.24, 2.45) is 4.99 Å². The molecule has 0 aliphatic heterocycles. The highest BCUT2D eigenvalue weighted by molar-refractivity contribution is 14.0. The zero-order valence-electron chi connectivity index (χ0n) is 14.8. The van der Waals surface area contributed by atoms with Crippen LogP contribution >= 0.6 is 47.3 Å². The molecule has 1 rings (SSSR count). The first-order valence-electron chi connectivity index (χ1n) is 7.62. The van der Waals surface area contributed by atoms with Gasteiger partial charge >= 0.3 is 0 Å². The summed E-state index contributed by atoms with van der Waals surface area (Å²) < 4.78 is 5.01. The number of carbonyl (C=O) groups is 1. The summed E-state index contributed by atoms with van der Waals surface area (Å²) in [5.74, 6) is 1.44. The minimum Gasteiger partial charge on any atom is -0.383 e. The molecule has 142 valence electrons. The molecule has 0 fully saturated rings. The Morgan fingerprint density at radius 1 is 1.24 bits per heavy atom. The van der Waals surface area contributed by atoms with Crippen molar-refractivity contribution in [1.82, 2.24) is 15.5 Å². The summed E-state index contributed by atoms with van der Waals surface area (Å²) in [4.78, 5) is 18.6. The van der Waals surface area contributed by atoms with Crippen molar-refractivity contribution in [3.05, 3.63) is 29.3 Å². The SMILES string of the molecule is COCCNC(=NCC(=O)N(C)C)NCCSc1ccc(Cl)cc1.I. The first-order chi connectivity index (χ1) is 11.5. The van der Waals surface area contributed by atoms with E-state index in [-0.39, 0.29) is 36.4 Å². The summed E-state index contributed by atoms with van der Waals surface area (Å²) in [6, 6.07) is 7.75. The number of carbonyl (C=O) groups excluding carboxylic acids is 1. The number of guanidine groups is 1. The Kier molecular flexibility index (Phi) is 14.0. The number of hydrogen-bond acceptors (Lipinski definition) is 4. The van der Waals surface area contributed by atoms with Gasteiger partial charge < -0.3 is 20.3 Å². The van der Waals surface area contributed by atoms with Crippen LogP contribution in [0.15, 0.2) is 34.2 Å². The summed E-state index contributed by atoms with van der Waals surface area (Å²) in [6.45, 7) is 2.03. The second-order valence-corrected chi connectivity index (χ2v) is 6.71. The zero-order chi connectivity index (χ0) is 17.8. The first kappa shape index (κ1) is 24.3. The lowest BCUT2D eigenvalue weighted by Gasteiger charge is -2.13. The fourth-order valence-electron chi connectivity index (χ4n) is 1.60. The molecule has 0 saturated carbocycles. The maximum Gasteiger partial charge on any atom is 0.243 e. The molecule has 1 aromatic rings. The highest BCUT2D eigenvalue weighted by Gasteiger charge is 2.04. The molecule has 25 heavy (non-hydrogen) atoms. The van der Waals surface area contributed by atoms with E-state index < -0.39 is 0 Å². The molecule has 0 radical (unpaired) electrons. The van der Waals surface area contributed by atoms with Crippen LogP contribution in [0.2, 0.25) is 5.02 Å². The Morgan fingerprint density at radius 3 is 2.48 bits per heavy atom. The molecule has 9 heteroatoms. The van der Waals surface area contributed by atoms with Crippen molar-refractivity contribution in [3.8, 4) is 0 Å². The van der Waals surface area contributed by atoms with Crippen molar-refractivity contribution in [2.45, 2.75) is 4.90 Å². The standard InChI is InChI=1S/C16H25ClN4O2S.HI/c1-21(2)15(22)12-20-16(18-8-10-23-3)19-9-11-24-14-6-4-13(17)5-7-14;/h4-7H,8-12H2,1-3H3,(H2,18,19,20);1H.